The van der Waals surface area contributed by atoms with E-state index in [0.29, 0.717) is 6.42 Å². The lowest BCUT2D eigenvalue weighted by atomic mass is 9.88. The molecule has 0 fully saturated rings. The molecule has 0 radical (unpaired) electrons. The van der Waals surface area contributed by atoms with Gasteiger partial charge in [0.05, 0.1) is 17.3 Å². The van der Waals surface area contributed by atoms with Gasteiger partial charge in [0.15, 0.2) is 0 Å². The fourth-order valence-corrected chi connectivity index (χ4v) is 1.27. The van der Waals surface area contributed by atoms with Crippen molar-refractivity contribution in [1.29, 1.82) is 10.5 Å². The number of halogens is 1. The Hall–Kier alpha value is -2.40. The van der Waals surface area contributed by atoms with Crippen LogP contribution in [0.2, 0.25) is 0 Å². The highest BCUT2D eigenvalue weighted by molar-refractivity contribution is 5.97. The molecule has 0 bridgehead atoms. The lowest BCUT2D eigenvalue weighted by molar-refractivity contribution is -0.122. The first kappa shape index (κ1) is 13.7. The van der Waals surface area contributed by atoms with Crippen LogP contribution in [-0.4, -0.2) is 5.91 Å². The molecule has 1 aromatic rings. The number of hydrogen-bond acceptors (Lipinski definition) is 3. The maximum atomic E-state index is 12.9. The highest BCUT2D eigenvalue weighted by Gasteiger charge is 2.31. The van der Waals surface area contributed by atoms with Crippen molar-refractivity contribution in [2.75, 3.05) is 5.32 Å². The summed E-state index contributed by atoms with van der Waals surface area (Å²) in [6, 6.07) is 7.20. The van der Waals surface area contributed by atoms with Crippen molar-refractivity contribution in [2.45, 2.75) is 20.3 Å². The fraction of sp³-hybridized carbons (Fsp3) is 0.308. The molecule has 1 amide bonds. The Kier molecular flexibility index (Phi) is 4.01. The zero-order valence-corrected chi connectivity index (χ0v) is 10.1. The second-order valence-corrected chi connectivity index (χ2v) is 4.05. The van der Waals surface area contributed by atoms with Crippen molar-refractivity contribution in [3.63, 3.8) is 0 Å². The summed E-state index contributed by atoms with van der Waals surface area (Å²) in [5.74, 6) is -1.06. The van der Waals surface area contributed by atoms with E-state index < -0.39 is 17.1 Å². The van der Waals surface area contributed by atoms with Crippen LogP contribution in [0.5, 0.6) is 0 Å². The van der Waals surface area contributed by atoms with Crippen molar-refractivity contribution in [1.82, 2.24) is 0 Å². The van der Waals surface area contributed by atoms with E-state index in [9.17, 15) is 9.18 Å². The van der Waals surface area contributed by atoms with Crippen LogP contribution in [-0.2, 0) is 4.79 Å². The van der Waals surface area contributed by atoms with E-state index in [1.54, 1.807) is 13.0 Å². The topological polar surface area (TPSA) is 76.7 Å². The number of carbonyl (C=O) groups is 1. The molecule has 0 saturated carbocycles. The number of amides is 1. The fourth-order valence-electron chi connectivity index (χ4n) is 1.27. The first-order chi connectivity index (χ1) is 8.46. The second kappa shape index (κ2) is 5.29. The molecule has 1 unspecified atom stereocenters. The Morgan fingerprint density at radius 2 is 2.17 bits per heavy atom. The molecule has 92 valence electrons. The maximum absolute atomic E-state index is 12.9. The van der Waals surface area contributed by atoms with Gasteiger partial charge in [0.25, 0.3) is 0 Å². The Morgan fingerprint density at radius 3 is 2.67 bits per heavy atom. The molecule has 0 spiro atoms. The van der Waals surface area contributed by atoms with Crippen LogP contribution in [0.15, 0.2) is 18.2 Å². The average Bonchev–Trinajstić information content (AvgIpc) is 2.39. The van der Waals surface area contributed by atoms with E-state index in [1.807, 2.05) is 6.07 Å². The summed E-state index contributed by atoms with van der Waals surface area (Å²) in [6.45, 7) is 3.23. The van der Waals surface area contributed by atoms with E-state index >= 15 is 0 Å². The van der Waals surface area contributed by atoms with Crippen LogP contribution in [0.4, 0.5) is 10.1 Å². The van der Waals surface area contributed by atoms with Gasteiger partial charge in [0.2, 0.25) is 5.91 Å². The minimum atomic E-state index is -1.17. The van der Waals surface area contributed by atoms with E-state index in [0.717, 1.165) is 12.1 Å². The predicted molar refractivity (Wildman–Crippen MR) is 63.8 cm³/mol. The molecular weight excluding hydrogens is 233 g/mol. The molecule has 0 heterocycles. The van der Waals surface area contributed by atoms with E-state index in [2.05, 4.69) is 5.32 Å². The summed E-state index contributed by atoms with van der Waals surface area (Å²) in [6.07, 6.45) is 0.346. The number of carbonyl (C=O) groups excluding carboxylic acids is 1. The third kappa shape index (κ3) is 2.64. The lowest BCUT2D eigenvalue weighted by Crippen LogP contribution is -2.31. The Labute approximate surface area is 105 Å². The van der Waals surface area contributed by atoms with Crippen molar-refractivity contribution in [2.24, 2.45) is 5.41 Å². The summed E-state index contributed by atoms with van der Waals surface area (Å²) >= 11 is 0. The molecule has 0 aromatic heterocycles. The Morgan fingerprint density at radius 1 is 1.50 bits per heavy atom. The zero-order chi connectivity index (χ0) is 13.8. The summed E-state index contributed by atoms with van der Waals surface area (Å²) < 4.78 is 12.9. The molecule has 4 nitrogen and oxygen atoms in total. The minimum Gasteiger partial charge on any atom is -0.324 e. The van der Waals surface area contributed by atoms with Gasteiger partial charge in [-0.1, -0.05) is 6.92 Å². The van der Waals surface area contributed by atoms with Gasteiger partial charge in [-0.05, 0) is 31.5 Å². The quantitative estimate of drug-likeness (QED) is 0.889. The van der Waals surface area contributed by atoms with Crippen molar-refractivity contribution in [3.05, 3.63) is 29.6 Å². The third-order valence-corrected chi connectivity index (χ3v) is 2.81. The SMILES string of the molecule is CCC(C)(C#N)C(=O)Nc1ccc(F)cc1C#N. The molecular formula is C13H12FN3O. The van der Waals surface area contributed by atoms with Crippen molar-refractivity contribution in [3.8, 4) is 12.1 Å². The molecule has 1 rings (SSSR count). The summed E-state index contributed by atoms with van der Waals surface area (Å²) in [7, 11) is 0. The molecule has 1 N–H and O–H groups in total. The van der Waals surface area contributed by atoms with Crippen LogP contribution in [0.3, 0.4) is 0 Å². The van der Waals surface area contributed by atoms with Crippen LogP contribution < -0.4 is 5.32 Å². The monoisotopic (exact) mass is 245 g/mol. The zero-order valence-electron chi connectivity index (χ0n) is 10.1. The molecule has 18 heavy (non-hydrogen) atoms. The minimum absolute atomic E-state index is 0.0275. The number of nitrogens with zero attached hydrogens (tertiary/aromatic N) is 2. The predicted octanol–water partition coefficient (Wildman–Crippen LogP) is 2.58. The van der Waals surface area contributed by atoms with Gasteiger partial charge in [-0.25, -0.2) is 4.39 Å². The Balaban J connectivity index is 3.04. The van der Waals surface area contributed by atoms with E-state index in [4.69, 9.17) is 10.5 Å². The van der Waals surface area contributed by atoms with E-state index in [-0.39, 0.29) is 11.3 Å². The molecule has 5 heteroatoms. The van der Waals surface area contributed by atoms with Gasteiger partial charge in [-0.3, -0.25) is 4.79 Å². The van der Waals surface area contributed by atoms with Crippen LogP contribution in [0.25, 0.3) is 0 Å². The number of anilines is 1. The molecule has 0 aliphatic rings. The smallest absolute Gasteiger partial charge is 0.244 e. The first-order valence-electron chi connectivity index (χ1n) is 5.39. The molecule has 1 aromatic carbocycles. The van der Waals surface area contributed by atoms with Crippen molar-refractivity contribution < 1.29 is 9.18 Å². The lowest BCUT2D eigenvalue weighted by Gasteiger charge is -2.18. The van der Waals surface area contributed by atoms with Gasteiger partial charge in [-0.15, -0.1) is 0 Å². The van der Waals surface area contributed by atoms with Crippen LogP contribution in [0.1, 0.15) is 25.8 Å². The van der Waals surface area contributed by atoms with Gasteiger partial charge in [0, 0.05) is 0 Å². The summed E-state index contributed by atoms with van der Waals surface area (Å²) in [4.78, 5) is 11.9. The number of benzene rings is 1. The average molecular weight is 245 g/mol. The summed E-state index contributed by atoms with van der Waals surface area (Å²) in [5.41, 5.74) is -0.931. The molecule has 0 aliphatic heterocycles. The number of nitriles is 2. The highest BCUT2D eigenvalue weighted by Crippen LogP contribution is 2.24. The van der Waals surface area contributed by atoms with Gasteiger partial charge < -0.3 is 5.32 Å². The first-order valence-corrected chi connectivity index (χ1v) is 5.39. The van der Waals surface area contributed by atoms with Crippen molar-refractivity contribution >= 4 is 11.6 Å². The normalized spacial score (nSPS) is 12.9. The number of nitrogens with one attached hydrogen (secondary N) is 1. The van der Waals surface area contributed by atoms with E-state index in [1.165, 1.54) is 13.0 Å². The van der Waals surface area contributed by atoms with Gasteiger partial charge in [0.1, 0.15) is 17.3 Å². The molecule has 0 saturated heterocycles. The van der Waals surface area contributed by atoms with Crippen LogP contribution in [0, 0.1) is 33.9 Å². The van der Waals surface area contributed by atoms with Gasteiger partial charge >= 0.3 is 0 Å². The highest BCUT2D eigenvalue weighted by atomic mass is 19.1. The molecule has 1 atom stereocenters. The summed E-state index contributed by atoms with van der Waals surface area (Å²) in [5, 5.41) is 20.3. The van der Waals surface area contributed by atoms with Gasteiger partial charge in [-0.2, -0.15) is 10.5 Å². The number of hydrogen-bond donors (Lipinski definition) is 1. The third-order valence-electron chi connectivity index (χ3n) is 2.81. The number of rotatable bonds is 3. The largest absolute Gasteiger partial charge is 0.324 e. The Bertz CT molecular complexity index is 556. The standard InChI is InChI=1S/C13H12FN3O/c1-3-13(2,8-16)12(18)17-11-5-4-10(14)6-9(11)7-15/h4-6H,3H2,1-2H3,(H,17,18). The maximum Gasteiger partial charge on any atom is 0.244 e. The second-order valence-electron chi connectivity index (χ2n) is 4.05. The molecule has 0 aliphatic carbocycles. The van der Waals surface area contributed by atoms with Crippen LogP contribution >= 0.6 is 0 Å².